The molecule has 0 aliphatic heterocycles. The zero-order valence-electron chi connectivity index (χ0n) is 13.1. The van der Waals surface area contributed by atoms with Gasteiger partial charge in [0.1, 0.15) is 6.54 Å². The van der Waals surface area contributed by atoms with Gasteiger partial charge in [0.25, 0.3) is 5.56 Å². The summed E-state index contributed by atoms with van der Waals surface area (Å²) in [5.74, 6) is -0.332. The van der Waals surface area contributed by atoms with E-state index in [1.165, 1.54) is 4.90 Å². The standard InChI is InChI=1S/C17H16N4O3/c1-20(10-12-5-4-8-18-9-12)15(22)11-21-16(23)13-6-2-3-7-14(13)19-17(21)24/h2-9H,10-11H2,1H3,(H,19,24). The topological polar surface area (TPSA) is 88.1 Å². The van der Waals surface area contributed by atoms with E-state index in [9.17, 15) is 14.4 Å². The largest absolute Gasteiger partial charge is 0.340 e. The fourth-order valence-electron chi connectivity index (χ4n) is 2.45. The van der Waals surface area contributed by atoms with Crippen LogP contribution in [0.1, 0.15) is 5.56 Å². The van der Waals surface area contributed by atoms with Gasteiger partial charge in [0.05, 0.1) is 10.9 Å². The summed E-state index contributed by atoms with van der Waals surface area (Å²) in [5, 5.41) is 0.375. The number of hydrogen-bond acceptors (Lipinski definition) is 4. The number of carbonyl (C=O) groups excluding carboxylic acids is 1. The number of pyridine rings is 1. The predicted molar refractivity (Wildman–Crippen MR) is 89.5 cm³/mol. The van der Waals surface area contributed by atoms with Crippen LogP contribution in [0.3, 0.4) is 0 Å². The van der Waals surface area contributed by atoms with Gasteiger partial charge in [-0.15, -0.1) is 0 Å². The Morgan fingerprint density at radius 3 is 2.75 bits per heavy atom. The quantitative estimate of drug-likeness (QED) is 0.767. The number of aromatic amines is 1. The molecule has 0 aliphatic carbocycles. The number of likely N-dealkylation sites (N-methyl/N-ethyl adjacent to an activating group) is 1. The van der Waals surface area contributed by atoms with Gasteiger partial charge < -0.3 is 9.88 Å². The van der Waals surface area contributed by atoms with Crippen LogP contribution < -0.4 is 11.2 Å². The second-order valence-electron chi connectivity index (χ2n) is 5.48. The van der Waals surface area contributed by atoms with Gasteiger partial charge in [0.15, 0.2) is 0 Å². The smallest absolute Gasteiger partial charge is 0.329 e. The van der Waals surface area contributed by atoms with Crippen LogP contribution >= 0.6 is 0 Å². The van der Waals surface area contributed by atoms with Crippen LogP contribution in [0.2, 0.25) is 0 Å². The number of nitrogens with one attached hydrogen (secondary N) is 1. The first-order valence-electron chi connectivity index (χ1n) is 7.41. The second kappa shape index (κ2) is 6.49. The third-order valence-corrected chi connectivity index (χ3v) is 3.75. The van der Waals surface area contributed by atoms with Crippen molar-refractivity contribution in [2.45, 2.75) is 13.1 Å². The Hall–Kier alpha value is -3.22. The maximum absolute atomic E-state index is 12.4. The maximum Gasteiger partial charge on any atom is 0.329 e. The Kier molecular flexibility index (Phi) is 4.24. The zero-order valence-corrected chi connectivity index (χ0v) is 13.1. The Morgan fingerprint density at radius 2 is 2.00 bits per heavy atom. The molecule has 0 saturated heterocycles. The fraction of sp³-hybridized carbons (Fsp3) is 0.176. The molecule has 0 spiro atoms. The number of rotatable bonds is 4. The van der Waals surface area contributed by atoms with Crippen molar-refractivity contribution < 1.29 is 4.79 Å². The number of H-pyrrole nitrogens is 1. The van der Waals surface area contributed by atoms with Crippen molar-refractivity contribution in [3.63, 3.8) is 0 Å². The van der Waals surface area contributed by atoms with Gasteiger partial charge in [-0.05, 0) is 23.8 Å². The molecule has 0 fully saturated rings. The Balaban J connectivity index is 1.85. The number of para-hydroxylation sites is 1. The Labute approximate surface area is 137 Å². The first-order valence-corrected chi connectivity index (χ1v) is 7.41. The van der Waals surface area contributed by atoms with E-state index in [0.29, 0.717) is 17.4 Å². The lowest BCUT2D eigenvalue weighted by Crippen LogP contribution is -2.41. The summed E-state index contributed by atoms with van der Waals surface area (Å²) in [4.78, 5) is 44.9. The molecule has 3 rings (SSSR count). The molecule has 1 aromatic carbocycles. The van der Waals surface area contributed by atoms with Crippen LogP contribution in [0, 0.1) is 0 Å². The van der Waals surface area contributed by atoms with Crippen molar-refractivity contribution in [1.29, 1.82) is 0 Å². The van der Waals surface area contributed by atoms with E-state index in [1.54, 1.807) is 49.8 Å². The highest BCUT2D eigenvalue weighted by Crippen LogP contribution is 2.04. The van der Waals surface area contributed by atoms with E-state index in [-0.39, 0.29) is 12.5 Å². The number of aromatic nitrogens is 3. The third kappa shape index (κ3) is 3.10. The molecule has 3 aromatic rings. The van der Waals surface area contributed by atoms with Crippen molar-refractivity contribution >= 4 is 16.8 Å². The van der Waals surface area contributed by atoms with Crippen LogP contribution in [-0.4, -0.2) is 32.4 Å². The highest BCUT2D eigenvalue weighted by atomic mass is 16.2. The molecule has 1 amide bonds. The summed E-state index contributed by atoms with van der Waals surface area (Å²) >= 11 is 0. The monoisotopic (exact) mass is 324 g/mol. The number of nitrogens with zero attached hydrogens (tertiary/aromatic N) is 3. The molecule has 0 radical (unpaired) electrons. The average molecular weight is 324 g/mol. The minimum Gasteiger partial charge on any atom is -0.340 e. The summed E-state index contributed by atoms with van der Waals surface area (Å²) < 4.78 is 0.921. The van der Waals surface area contributed by atoms with Gasteiger partial charge in [0.2, 0.25) is 5.91 Å². The van der Waals surface area contributed by atoms with Gasteiger partial charge in [-0.3, -0.25) is 19.1 Å². The molecule has 7 nitrogen and oxygen atoms in total. The molecule has 0 unspecified atom stereocenters. The summed E-state index contributed by atoms with van der Waals surface area (Å²) in [5.41, 5.74) is 0.257. The molecule has 2 aromatic heterocycles. The minimum atomic E-state index is -0.596. The summed E-state index contributed by atoms with van der Waals surface area (Å²) in [6.07, 6.45) is 3.32. The van der Waals surface area contributed by atoms with Crippen LogP contribution in [-0.2, 0) is 17.9 Å². The molecule has 0 saturated carbocycles. The molecule has 7 heteroatoms. The first-order chi connectivity index (χ1) is 11.6. The van der Waals surface area contributed by atoms with Gasteiger partial charge in [-0.25, -0.2) is 4.79 Å². The molecule has 0 atom stereocenters. The van der Waals surface area contributed by atoms with E-state index in [1.807, 2.05) is 6.07 Å². The van der Waals surface area contributed by atoms with Crippen molar-refractivity contribution in [1.82, 2.24) is 19.4 Å². The summed E-state index contributed by atoms with van der Waals surface area (Å²) in [6, 6.07) is 10.3. The third-order valence-electron chi connectivity index (χ3n) is 3.75. The lowest BCUT2D eigenvalue weighted by atomic mass is 10.2. The second-order valence-corrected chi connectivity index (χ2v) is 5.48. The maximum atomic E-state index is 12.4. The average Bonchev–Trinajstić information content (AvgIpc) is 2.59. The first kappa shape index (κ1) is 15.7. The molecule has 122 valence electrons. The van der Waals surface area contributed by atoms with Crippen LogP contribution in [0.25, 0.3) is 10.9 Å². The van der Waals surface area contributed by atoms with Crippen LogP contribution in [0.5, 0.6) is 0 Å². The fourth-order valence-corrected chi connectivity index (χ4v) is 2.45. The van der Waals surface area contributed by atoms with Crippen molar-refractivity contribution in [2.75, 3.05) is 7.05 Å². The van der Waals surface area contributed by atoms with E-state index >= 15 is 0 Å². The molecule has 0 aliphatic rings. The molecule has 0 bridgehead atoms. The number of hydrogen-bond donors (Lipinski definition) is 1. The SMILES string of the molecule is CN(Cc1cccnc1)C(=O)Cn1c(=O)[nH]c2ccccc2c1=O. The molecule has 1 N–H and O–H groups in total. The van der Waals surface area contributed by atoms with Crippen molar-refractivity contribution in [2.24, 2.45) is 0 Å². The van der Waals surface area contributed by atoms with E-state index < -0.39 is 11.2 Å². The van der Waals surface area contributed by atoms with Gasteiger partial charge in [0, 0.05) is 26.0 Å². The van der Waals surface area contributed by atoms with Gasteiger partial charge >= 0.3 is 5.69 Å². The predicted octanol–water partition coefficient (Wildman–Crippen LogP) is 0.743. The molecular formula is C17H16N4O3. The summed E-state index contributed by atoms with van der Waals surface area (Å²) in [6.45, 7) is 0.0443. The van der Waals surface area contributed by atoms with E-state index in [4.69, 9.17) is 0 Å². The number of carbonyl (C=O) groups is 1. The number of fused-ring (bicyclic) bond motifs is 1. The highest BCUT2D eigenvalue weighted by molar-refractivity contribution is 5.78. The zero-order chi connectivity index (χ0) is 17.1. The Bertz CT molecular complexity index is 992. The van der Waals surface area contributed by atoms with Gasteiger partial charge in [-0.1, -0.05) is 18.2 Å². The highest BCUT2D eigenvalue weighted by Gasteiger charge is 2.14. The normalized spacial score (nSPS) is 10.7. The van der Waals surface area contributed by atoms with Crippen LogP contribution in [0.4, 0.5) is 0 Å². The molecule has 2 heterocycles. The van der Waals surface area contributed by atoms with Crippen molar-refractivity contribution in [3.05, 3.63) is 75.2 Å². The number of amides is 1. The lowest BCUT2D eigenvalue weighted by Gasteiger charge is -2.17. The lowest BCUT2D eigenvalue weighted by molar-refractivity contribution is -0.131. The molecular weight excluding hydrogens is 308 g/mol. The van der Waals surface area contributed by atoms with Crippen LogP contribution in [0.15, 0.2) is 58.4 Å². The van der Waals surface area contributed by atoms with E-state index in [0.717, 1.165) is 10.1 Å². The van der Waals surface area contributed by atoms with Crippen molar-refractivity contribution in [3.8, 4) is 0 Å². The minimum absolute atomic E-state index is 0.310. The van der Waals surface area contributed by atoms with Gasteiger partial charge in [-0.2, -0.15) is 0 Å². The molecule has 24 heavy (non-hydrogen) atoms. The number of benzene rings is 1. The van der Waals surface area contributed by atoms with E-state index in [2.05, 4.69) is 9.97 Å². The Morgan fingerprint density at radius 1 is 1.21 bits per heavy atom. The summed E-state index contributed by atoms with van der Waals surface area (Å²) in [7, 11) is 1.62.